The number of carbonyl (C=O) groups excluding carboxylic acids is 1. The van der Waals surface area contributed by atoms with Gasteiger partial charge < -0.3 is 5.32 Å². The van der Waals surface area contributed by atoms with Crippen molar-refractivity contribution in [1.29, 1.82) is 0 Å². The number of hydrogen-bond acceptors (Lipinski definition) is 3. The first kappa shape index (κ1) is 11.9. The molecule has 0 radical (unpaired) electrons. The highest BCUT2D eigenvalue weighted by molar-refractivity contribution is 7.11. The van der Waals surface area contributed by atoms with Crippen LogP contribution in [0.1, 0.15) is 16.2 Å². The molecule has 0 aliphatic heterocycles. The molecule has 0 aliphatic carbocycles. The van der Waals surface area contributed by atoms with Crippen LogP contribution >= 0.6 is 11.3 Å². The number of aryl methyl sites for hydroxylation is 2. The number of thiophene rings is 1. The molecule has 90 valence electrons. The van der Waals surface area contributed by atoms with E-state index in [1.807, 2.05) is 18.3 Å². The standard InChI is InChI=1S/C12H15N3OS/c1-10-3-4-11(17-10)9-13-12(16)5-8-15-7-2-6-14-15/h2-4,6-7H,5,8-9H2,1H3,(H,13,16). The van der Waals surface area contributed by atoms with Crippen molar-refractivity contribution in [3.05, 3.63) is 40.3 Å². The predicted octanol–water partition coefficient (Wildman–Crippen LogP) is 1.96. The van der Waals surface area contributed by atoms with Gasteiger partial charge in [0.25, 0.3) is 0 Å². The molecule has 1 amide bonds. The number of carbonyl (C=O) groups is 1. The molecule has 0 bridgehead atoms. The summed E-state index contributed by atoms with van der Waals surface area (Å²) in [7, 11) is 0. The molecule has 0 fully saturated rings. The Balaban J connectivity index is 1.71. The van der Waals surface area contributed by atoms with Crippen LogP contribution in [0.4, 0.5) is 0 Å². The first-order valence-corrected chi connectivity index (χ1v) is 6.35. The van der Waals surface area contributed by atoms with Gasteiger partial charge in [0.2, 0.25) is 5.91 Å². The van der Waals surface area contributed by atoms with Crippen LogP contribution in [0.25, 0.3) is 0 Å². The Bertz CT molecular complexity index is 476. The van der Waals surface area contributed by atoms with Crippen molar-refractivity contribution in [2.45, 2.75) is 26.4 Å². The van der Waals surface area contributed by atoms with Crippen LogP contribution in [0.5, 0.6) is 0 Å². The van der Waals surface area contributed by atoms with Gasteiger partial charge in [-0.2, -0.15) is 5.10 Å². The molecule has 0 atom stereocenters. The Morgan fingerprint density at radius 2 is 2.41 bits per heavy atom. The van der Waals surface area contributed by atoms with Gasteiger partial charge in [-0.1, -0.05) is 0 Å². The third-order valence-corrected chi connectivity index (χ3v) is 3.38. The fourth-order valence-corrected chi connectivity index (χ4v) is 2.33. The van der Waals surface area contributed by atoms with E-state index in [4.69, 9.17) is 0 Å². The Hall–Kier alpha value is -1.62. The van der Waals surface area contributed by atoms with Crippen molar-refractivity contribution in [2.75, 3.05) is 0 Å². The summed E-state index contributed by atoms with van der Waals surface area (Å²) >= 11 is 1.71. The molecule has 5 heteroatoms. The Kier molecular flexibility index (Phi) is 3.93. The second kappa shape index (κ2) is 5.63. The Labute approximate surface area is 104 Å². The number of amides is 1. The van der Waals surface area contributed by atoms with E-state index in [-0.39, 0.29) is 5.91 Å². The molecule has 0 aromatic carbocycles. The minimum atomic E-state index is 0.0616. The first-order valence-electron chi connectivity index (χ1n) is 5.53. The molecular formula is C12H15N3OS. The largest absolute Gasteiger partial charge is 0.351 e. The van der Waals surface area contributed by atoms with Gasteiger partial charge in [0.05, 0.1) is 6.54 Å². The van der Waals surface area contributed by atoms with E-state index >= 15 is 0 Å². The fourth-order valence-electron chi connectivity index (χ4n) is 1.50. The summed E-state index contributed by atoms with van der Waals surface area (Å²) in [5.74, 6) is 0.0616. The number of rotatable bonds is 5. The molecule has 17 heavy (non-hydrogen) atoms. The molecule has 2 heterocycles. The molecule has 0 unspecified atom stereocenters. The zero-order chi connectivity index (χ0) is 12.1. The quantitative estimate of drug-likeness (QED) is 0.880. The Morgan fingerprint density at radius 1 is 1.53 bits per heavy atom. The fraction of sp³-hybridized carbons (Fsp3) is 0.333. The van der Waals surface area contributed by atoms with Crippen LogP contribution in [-0.4, -0.2) is 15.7 Å². The molecule has 2 aromatic heterocycles. The summed E-state index contributed by atoms with van der Waals surface area (Å²) < 4.78 is 1.76. The summed E-state index contributed by atoms with van der Waals surface area (Å²) in [6.07, 6.45) is 4.04. The summed E-state index contributed by atoms with van der Waals surface area (Å²) in [6.45, 7) is 3.31. The molecule has 2 aromatic rings. The molecule has 2 rings (SSSR count). The van der Waals surface area contributed by atoms with Gasteiger partial charge in [-0.15, -0.1) is 11.3 Å². The molecule has 1 N–H and O–H groups in total. The smallest absolute Gasteiger partial charge is 0.222 e. The minimum absolute atomic E-state index is 0.0616. The maximum Gasteiger partial charge on any atom is 0.222 e. The van der Waals surface area contributed by atoms with Crippen molar-refractivity contribution in [3.63, 3.8) is 0 Å². The van der Waals surface area contributed by atoms with Gasteiger partial charge in [-0.3, -0.25) is 9.48 Å². The predicted molar refractivity (Wildman–Crippen MR) is 67.7 cm³/mol. The van der Waals surface area contributed by atoms with Crippen molar-refractivity contribution >= 4 is 17.2 Å². The van der Waals surface area contributed by atoms with Crippen LogP contribution < -0.4 is 5.32 Å². The van der Waals surface area contributed by atoms with Crippen LogP contribution in [0.3, 0.4) is 0 Å². The van der Waals surface area contributed by atoms with Crippen LogP contribution in [0.2, 0.25) is 0 Å². The summed E-state index contributed by atoms with van der Waals surface area (Å²) in [6, 6.07) is 5.97. The lowest BCUT2D eigenvalue weighted by molar-refractivity contribution is -0.121. The average molecular weight is 249 g/mol. The lowest BCUT2D eigenvalue weighted by atomic mass is 10.4. The summed E-state index contributed by atoms with van der Waals surface area (Å²) in [5.41, 5.74) is 0. The van der Waals surface area contributed by atoms with E-state index in [0.717, 1.165) is 0 Å². The van der Waals surface area contributed by atoms with Gasteiger partial charge in [-0.25, -0.2) is 0 Å². The van der Waals surface area contributed by atoms with Crippen LogP contribution in [0.15, 0.2) is 30.6 Å². The normalized spacial score (nSPS) is 10.4. The monoisotopic (exact) mass is 249 g/mol. The number of nitrogens with zero attached hydrogens (tertiary/aromatic N) is 2. The van der Waals surface area contributed by atoms with Crippen LogP contribution in [-0.2, 0) is 17.9 Å². The molecule has 0 spiro atoms. The van der Waals surface area contributed by atoms with Crippen molar-refractivity contribution < 1.29 is 4.79 Å². The van der Waals surface area contributed by atoms with Crippen molar-refractivity contribution in [2.24, 2.45) is 0 Å². The number of nitrogens with one attached hydrogen (secondary N) is 1. The second-order valence-electron chi connectivity index (χ2n) is 3.81. The van der Waals surface area contributed by atoms with E-state index in [2.05, 4.69) is 23.4 Å². The maximum absolute atomic E-state index is 11.6. The summed E-state index contributed by atoms with van der Waals surface area (Å²) in [4.78, 5) is 14.0. The SMILES string of the molecule is Cc1ccc(CNC(=O)CCn2cccn2)s1. The van der Waals surface area contributed by atoms with Crippen molar-refractivity contribution in [1.82, 2.24) is 15.1 Å². The van der Waals surface area contributed by atoms with Gasteiger partial charge in [-0.05, 0) is 25.1 Å². The highest BCUT2D eigenvalue weighted by atomic mass is 32.1. The van der Waals surface area contributed by atoms with E-state index in [1.165, 1.54) is 9.75 Å². The van der Waals surface area contributed by atoms with Gasteiger partial charge in [0, 0.05) is 35.1 Å². The lowest BCUT2D eigenvalue weighted by Crippen LogP contribution is -2.23. The van der Waals surface area contributed by atoms with Gasteiger partial charge in [0.15, 0.2) is 0 Å². The van der Waals surface area contributed by atoms with E-state index < -0.39 is 0 Å². The van der Waals surface area contributed by atoms with Crippen LogP contribution in [0, 0.1) is 6.92 Å². The van der Waals surface area contributed by atoms with Crippen molar-refractivity contribution in [3.8, 4) is 0 Å². The maximum atomic E-state index is 11.6. The second-order valence-corrected chi connectivity index (χ2v) is 5.18. The zero-order valence-corrected chi connectivity index (χ0v) is 10.5. The highest BCUT2D eigenvalue weighted by Crippen LogP contribution is 2.14. The third kappa shape index (κ3) is 3.71. The highest BCUT2D eigenvalue weighted by Gasteiger charge is 2.03. The average Bonchev–Trinajstić information content (AvgIpc) is 2.95. The minimum Gasteiger partial charge on any atom is -0.351 e. The van der Waals surface area contributed by atoms with Gasteiger partial charge >= 0.3 is 0 Å². The number of aromatic nitrogens is 2. The van der Waals surface area contributed by atoms with Gasteiger partial charge in [0.1, 0.15) is 0 Å². The zero-order valence-electron chi connectivity index (χ0n) is 9.72. The molecule has 0 saturated carbocycles. The third-order valence-electron chi connectivity index (χ3n) is 2.38. The molecular weight excluding hydrogens is 234 g/mol. The molecule has 0 aliphatic rings. The van der Waals surface area contributed by atoms with E-state index in [1.54, 1.807) is 22.2 Å². The van der Waals surface area contributed by atoms with E-state index in [0.29, 0.717) is 19.5 Å². The number of hydrogen-bond donors (Lipinski definition) is 1. The first-order chi connectivity index (χ1) is 8.24. The Morgan fingerprint density at radius 3 is 3.06 bits per heavy atom. The molecule has 0 saturated heterocycles. The summed E-state index contributed by atoms with van der Waals surface area (Å²) in [5, 5.41) is 6.95. The molecule has 4 nitrogen and oxygen atoms in total. The lowest BCUT2D eigenvalue weighted by Gasteiger charge is -2.03. The topological polar surface area (TPSA) is 46.9 Å². The van der Waals surface area contributed by atoms with E-state index in [9.17, 15) is 4.79 Å².